The summed E-state index contributed by atoms with van der Waals surface area (Å²) in [6.07, 6.45) is 2.39. The van der Waals surface area contributed by atoms with E-state index in [-0.39, 0.29) is 12.0 Å². The number of carbonyl (C=O) groups excluding carboxylic acids is 1. The van der Waals surface area contributed by atoms with Crippen LogP contribution in [0.25, 0.3) is 0 Å². The van der Waals surface area contributed by atoms with Crippen molar-refractivity contribution in [1.29, 1.82) is 0 Å². The fourth-order valence-corrected chi connectivity index (χ4v) is 3.24. The minimum absolute atomic E-state index is 0.136. The van der Waals surface area contributed by atoms with E-state index in [0.29, 0.717) is 12.3 Å². The van der Waals surface area contributed by atoms with Crippen LogP contribution >= 0.6 is 0 Å². The second-order valence-electron chi connectivity index (χ2n) is 6.36. The molecule has 0 spiro atoms. The van der Waals surface area contributed by atoms with Gasteiger partial charge in [0.25, 0.3) is 5.91 Å². The monoisotopic (exact) mass is 288 g/mol. The number of hydrogen-bond acceptors (Lipinski definition) is 3. The second kappa shape index (κ2) is 5.68. The quantitative estimate of drug-likeness (QED) is 0.903. The van der Waals surface area contributed by atoms with E-state index in [9.17, 15) is 4.79 Å². The topological polar surface area (TPSA) is 55.6 Å². The van der Waals surface area contributed by atoms with Gasteiger partial charge in [-0.3, -0.25) is 4.79 Å². The van der Waals surface area contributed by atoms with Gasteiger partial charge in [0.15, 0.2) is 6.10 Å². The first kappa shape index (κ1) is 14.4. The van der Waals surface area contributed by atoms with Crippen molar-refractivity contribution in [1.82, 2.24) is 4.90 Å². The SMILES string of the molecule is Cc1cc2c(cc1C)OC(C(=O)N1CCC(CN)CC1)C2. The van der Waals surface area contributed by atoms with Crippen LogP contribution in [0.1, 0.15) is 29.5 Å². The Morgan fingerprint density at radius 1 is 1.29 bits per heavy atom. The summed E-state index contributed by atoms with van der Waals surface area (Å²) < 4.78 is 5.90. The Morgan fingerprint density at radius 3 is 2.62 bits per heavy atom. The number of amides is 1. The number of piperidine rings is 1. The van der Waals surface area contributed by atoms with E-state index in [0.717, 1.165) is 43.8 Å². The van der Waals surface area contributed by atoms with Gasteiger partial charge in [0, 0.05) is 19.5 Å². The van der Waals surface area contributed by atoms with Gasteiger partial charge in [0.1, 0.15) is 5.75 Å². The highest BCUT2D eigenvalue weighted by Gasteiger charge is 2.34. The molecule has 0 saturated carbocycles. The van der Waals surface area contributed by atoms with Gasteiger partial charge in [-0.25, -0.2) is 0 Å². The number of nitrogens with zero attached hydrogens (tertiary/aromatic N) is 1. The van der Waals surface area contributed by atoms with Crippen molar-refractivity contribution in [2.24, 2.45) is 11.7 Å². The van der Waals surface area contributed by atoms with Crippen molar-refractivity contribution in [3.8, 4) is 5.75 Å². The normalized spacial score (nSPS) is 22.0. The summed E-state index contributed by atoms with van der Waals surface area (Å²) in [6.45, 7) is 6.53. The molecule has 1 amide bonds. The summed E-state index contributed by atoms with van der Waals surface area (Å²) in [5, 5.41) is 0. The third-order valence-corrected chi connectivity index (χ3v) is 4.89. The van der Waals surface area contributed by atoms with E-state index >= 15 is 0 Å². The molecule has 4 heteroatoms. The van der Waals surface area contributed by atoms with Crippen molar-refractivity contribution in [3.05, 3.63) is 28.8 Å². The van der Waals surface area contributed by atoms with Crippen LogP contribution in [-0.4, -0.2) is 36.5 Å². The van der Waals surface area contributed by atoms with Crippen molar-refractivity contribution in [3.63, 3.8) is 0 Å². The molecule has 1 atom stereocenters. The van der Waals surface area contributed by atoms with Crippen molar-refractivity contribution >= 4 is 5.91 Å². The maximum absolute atomic E-state index is 12.6. The van der Waals surface area contributed by atoms with Crippen LogP contribution in [0.2, 0.25) is 0 Å². The highest BCUT2D eigenvalue weighted by molar-refractivity contribution is 5.82. The van der Waals surface area contributed by atoms with E-state index < -0.39 is 0 Å². The Labute approximate surface area is 126 Å². The highest BCUT2D eigenvalue weighted by Crippen LogP contribution is 2.32. The lowest BCUT2D eigenvalue weighted by Gasteiger charge is -2.32. The Kier molecular flexibility index (Phi) is 3.89. The number of aryl methyl sites for hydroxylation is 2. The summed E-state index contributed by atoms with van der Waals surface area (Å²) in [5.41, 5.74) is 9.34. The van der Waals surface area contributed by atoms with Gasteiger partial charge in [-0.05, 0) is 61.9 Å². The van der Waals surface area contributed by atoms with Gasteiger partial charge >= 0.3 is 0 Å². The molecule has 2 N–H and O–H groups in total. The average Bonchev–Trinajstić information content (AvgIpc) is 2.90. The average molecular weight is 288 g/mol. The van der Waals surface area contributed by atoms with Crippen LogP contribution in [0.15, 0.2) is 12.1 Å². The smallest absolute Gasteiger partial charge is 0.263 e. The Hall–Kier alpha value is -1.55. The maximum Gasteiger partial charge on any atom is 0.263 e. The molecular formula is C17H24N2O2. The molecule has 1 fully saturated rings. The lowest BCUT2D eigenvalue weighted by Crippen LogP contribution is -2.46. The number of fused-ring (bicyclic) bond motifs is 1. The van der Waals surface area contributed by atoms with E-state index in [2.05, 4.69) is 26.0 Å². The van der Waals surface area contributed by atoms with Crippen LogP contribution in [0.3, 0.4) is 0 Å². The zero-order chi connectivity index (χ0) is 15.0. The van der Waals surface area contributed by atoms with Gasteiger partial charge in [0.2, 0.25) is 0 Å². The van der Waals surface area contributed by atoms with Crippen LogP contribution in [-0.2, 0) is 11.2 Å². The molecule has 1 aromatic rings. The molecule has 2 aliphatic rings. The lowest BCUT2D eigenvalue weighted by molar-refractivity contribution is -0.139. The Balaban J connectivity index is 1.66. The minimum Gasteiger partial charge on any atom is -0.480 e. The first-order valence-electron chi connectivity index (χ1n) is 7.84. The van der Waals surface area contributed by atoms with E-state index in [1.54, 1.807) is 0 Å². The van der Waals surface area contributed by atoms with Crippen LogP contribution in [0.4, 0.5) is 0 Å². The van der Waals surface area contributed by atoms with E-state index in [4.69, 9.17) is 10.5 Å². The zero-order valence-corrected chi connectivity index (χ0v) is 12.9. The maximum atomic E-state index is 12.6. The first-order chi connectivity index (χ1) is 10.1. The largest absolute Gasteiger partial charge is 0.480 e. The molecule has 21 heavy (non-hydrogen) atoms. The molecule has 1 unspecified atom stereocenters. The van der Waals surface area contributed by atoms with Gasteiger partial charge in [-0.1, -0.05) is 6.07 Å². The standard InChI is InChI=1S/C17H24N2O2/c1-11-7-14-9-16(21-15(14)8-12(11)2)17(20)19-5-3-13(10-18)4-6-19/h7-8,13,16H,3-6,9-10,18H2,1-2H3. The van der Waals surface area contributed by atoms with Crippen LogP contribution < -0.4 is 10.5 Å². The highest BCUT2D eigenvalue weighted by atomic mass is 16.5. The molecule has 2 heterocycles. The second-order valence-corrected chi connectivity index (χ2v) is 6.36. The number of rotatable bonds is 2. The molecule has 1 aromatic carbocycles. The predicted octanol–water partition coefficient (Wildman–Crippen LogP) is 1.80. The van der Waals surface area contributed by atoms with Crippen molar-refractivity contribution in [2.45, 2.75) is 39.2 Å². The number of carbonyl (C=O) groups is 1. The molecular weight excluding hydrogens is 264 g/mol. The number of nitrogens with two attached hydrogens (primary N) is 1. The molecule has 0 aliphatic carbocycles. The number of ether oxygens (including phenoxy) is 1. The van der Waals surface area contributed by atoms with E-state index in [1.165, 1.54) is 11.1 Å². The van der Waals surface area contributed by atoms with Gasteiger partial charge in [-0.2, -0.15) is 0 Å². The molecule has 114 valence electrons. The number of likely N-dealkylation sites (tertiary alicyclic amines) is 1. The molecule has 2 aliphatic heterocycles. The van der Waals surface area contributed by atoms with Gasteiger partial charge in [-0.15, -0.1) is 0 Å². The van der Waals surface area contributed by atoms with Crippen LogP contribution in [0, 0.1) is 19.8 Å². The minimum atomic E-state index is -0.337. The molecule has 0 bridgehead atoms. The third-order valence-electron chi connectivity index (χ3n) is 4.89. The van der Waals surface area contributed by atoms with E-state index in [1.807, 2.05) is 4.90 Å². The lowest BCUT2D eigenvalue weighted by atomic mass is 9.96. The van der Waals surface area contributed by atoms with Gasteiger partial charge in [0.05, 0.1) is 0 Å². The summed E-state index contributed by atoms with van der Waals surface area (Å²) >= 11 is 0. The fourth-order valence-electron chi connectivity index (χ4n) is 3.24. The summed E-state index contributed by atoms with van der Waals surface area (Å²) in [4.78, 5) is 14.6. The third kappa shape index (κ3) is 2.77. The first-order valence-corrected chi connectivity index (χ1v) is 7.84. The zero-order valence-electron chi connectivity index (χ0n) is 12.9. The van der Waals surface area contributed by atoms with Crippen molar-refractivity contribution in [2.75, 3.05) is 19.6 Å². The Bertz CT molecular complexity index is 517. The van der Waals surface area contributed by atoms with Gasteiger partial charge < -0.3 is 15.4 Å². The summed E-state index contributed by atoms with van der Waals surface area (Å²) in [5.74, 6) is 1.59. The number of benzene rings is 1. The molecule has 4 nitrogen and oxygen atoms in total. The molecule has 0 aromatic heterocycles. The summed E-state index contributed by atoms with van der Waals surface area (Å²) in [7, 11) is 0. The van der Waals surface area contributed by atoms with Crippen LogP contribution in [0.5, 0.6) is 5.75 Å². The molecule has 3 rings (SSSR count). The summed E-state index contributed by atoms with van der Waals surface area (Å²) in [6, 6.07) is 4.21. The number of hydrogen-bond donors (Lipinski definition) is 1. The Morgan fingerprint density at radius 2 is 1.95 bits per heavy atom. The molecule has 1 saturated heterocycles. The fraction of sp³-hybridized carbons (Fsp3) is 0.588. The predicted molar refractivity (Wildman–Crippen MR) is 82.4 cm³/mol. The van der Waals surface area contributed by atoms with Crippen molar-refractivity contribution < 1.29 is 9.53 Å². The molecule has 0 radical (unpaired) electrons.